The third-order valence-corrected chi connectivity index (χ3v) is 3.30. The maximum atomic E-state index is 10.0. The fourth-order valence-corrected chi connectivity index (χ4v) is 2.76. The molecule has 0 bridgehead atoms. The third kappa shape index (κ3) is 3.20. The maximum Gasteiger partial charge on any atom is 0.105 e. The summed E-state index contributed by atoms with van der Waals surface area (Å²) in [6.07, 6.45) is -1.29. The van der Waals surface area contributed by atoms with Gasteiger partial charge < -0.3 is 10.2 Å². The first kappa shape index (κ1) is 14.0. The molecular weight excluding hydrogens is 291 g/mol. The van der Waals surface area contributed by atoms with Gasteiger partial charge in [-0.05, 0) is 49.1 Å². The second-order valence-electron chi connectivity index (χ2n) is 3.94. The van der Waals surface area contributed by atoms with Gasteiger partial charge in [-0.25, -0.2) is 0 Å². The molecule has 4 heteroatoms. The molecule has 0 aliphatic heterocycles. The predicted octanol–water partition coefficient (Wildman–Crippen LogP) is 3.09. The van der Waals surface area contributed by atoms with Gasteiger partial charge in [-0.2, -0.15) is 0 Å². The maximum absolute atomic E-state index is 10.0. The standard InChI is InChI=1S/C12H16BrClO2/c1-7-5-9(13)6-8(2)11(7)12(16)10(15)3-4-14/h5-6,10,12,15-16H,3-4H2,1-2H3. The highest BCUT2D eigenvalue weighted by atomic mass is 79.9. The van der Waals surface area contributed by atoms with Gasteiger partial charge in [0.05, 0.1) is 6.10 Å². The molecule has 0 aliphatic rings. The van der Waals surface area contributed by atoms with Crippen LogP contribution in [0.1, 0.15) is 29.2 Å². The molecule has 16 heavy (non-hydrogen) atoms. The molecule has 2 nitrogen and oxygen atoms in total. The fourth-order valence-electron chi connectivity index (χ4n) is 1.85. The zero-order valence-corrected chi connectivity index (χ0v) is 11.7. The van der Waals surface area contributed by atoms with Crippen molar-refractivity contribution in [3.63, 3.8) is 0 Å². The Morgan fingerprint density at radius 1 is 1.25 bits per heavy atom. The van der Waals surface area contributed by atoms with Gasteiger partial charge in [0, 0.05) is 10.4 Å². The summed E-state index contributed by atoms with van der Waals surface area (Å²) in [5, 5.41) is 19.8. The van der Waals surface area contributed by atoms with Crippen LogP contribution < -0.4 is 0 Å². The van der Waals surface area contributed by atoms with E-state index in [2.05, 4.69) is 15.9 Å². The van der Waals surface area contributed by atoms with E-state index in [4.69, 9.17) is 11.6 Å². The molecule has 90 valence electrons. The average molecular weight is 308 g/mol. The minimum atomic E-state index is -0.869. The van der Waals surface area contributed by atoms with Crippen molar-refractivity contribution in [2.24, 2.45) is 0 Å². The molecule has 1 aromatic rings. The molecule has 0 amide bonds. The van der Waals surface area contributed by atoms with Crippen LogP contribution in [0.4, 0.5) is 0 Å². The van der Waals surface area contributed by atoms with Crippen LogP contribution in [0, 0.1) is 13.8 Å². The van der Waals surface area contributed by atoms with Gasteiger partial charge in [0.2, 0.25) is 0 Å². The molecule has 0 saturated carbocycles. The molecule has 2 N–H and O–H groups in total. The number of alkyl halides is 1. The zero-order chi connectivity index (χ0) is 12.3. The third-order valence-electron chi connectivity index (χ3n) is 2.62. The topological polar surface area (TPSA) is 40.5 Å². The summed E-state index contributed by atoms with van der Waals surface area (Å²) in [5.74, 6) is 0.340. The number of aryl methyl sites for hydroxylation is 2. The van der Waals surface area contributed by atoms with Crippen LogP contribution in [-0.2, 0) is 0 Å². The molecule has 0 aromatic heterocycles. The minimum Gasteiger partial charge on any atom is -0.390 e. The van der Waals surface area contributed by atoms with Crippen molar-refractivity contribution in [3.8, 4) is 0 Å². The second kappa shape index (κ2) is 6.01. The summed E-state index contributed by atoms with van der Waals surface area (Å²) in [7, 11) is 0. The van der Waals surface area contributed by atoms with E-state index in [1.807, 2.05) is 26.0 Å². The van der Waals surface area contributed by atoms with E-state index in [9.17, 15) is 10.2 Å². The molecule has 0 fully saturated rings. The Kier molecular flexibility index (Phi) is 5.25. The summed E-state index contributed by atoms with van der Waals surface area (Å²) in [6, 6.07) is 3.86. The van der Waals surface area contributed by atoms with Crippen LogP contribution in [0.2, 0.25) is 0 Å². The minimum absolute atomic E-state index is 0.340. The van der Waals surface area contributed by atoms with E-state index >= 15 is 0 Å². The van der Waals surface area contributed by atoms with Crippen LogP contribution >= 0.6 is 27.5 Å². The first-order chi connectivity index (χ1) is 7.47. The number of aliphatic hydroxyl groups excluding tert-OH is 2. The van der Waals surface area contributed by atoms with Crippen molar-refractivity contribution < 1.29 is 10.2 Å². The van der Waals surface area contributed by atoms with Crippen LogP contribution in [0.5, 0.6) is 0 Å². The smallest absolute Gasteiger partial charge is 0.105 e. The Balaban J connectivity index is 3.03. The van der Waals surface area contributed by atoms with Crippen LogP contribution in [0.25, 0.3) is 0 Å². The highest BCUT2D eigenvalue weighted by molar-refractivity contribution is 9.10. The molecule has 0 heterocycles. The Bertz CT molecular complexity index is 345. The van der Waals surface area contributed by atoms with Crippen molar-refractivity contribution in [1.82, 2.24) is 0 Å². The molecule has 1 rings (SSSR count). The van der Waals surface area contributed by atoms with Gasteiger partial charge in [0.25, 0.3) is 0 Å². The van der Waals surface area contributed by atoms with E-state index in [-0.39, 0.29) is 0 Å². The number of hydrogen-bond donors (Lipinski definition) is 2. The van der Waals surface area contributed by atoms with Crippen LogP contribution in [-0.4, -0.2) is 22.2 Å². The number of hydrogen-bond acceptors (Lipinski definition) is 2. The normalized spacial score (nSPS) is 14.9. The van der Waals surface area contributed by atoms with Crippen molar-refractivity contribution >= 4 is 27.5 Å². The lowest BCUT2D eigenvalue weighted by Gasteiger charge is -2.21. The Morgan fingerprint density at radius 2 is 1.75 bits per heavy atom. The Labute approximate surface area is 109 Å². The van der Waals surface area contributed by atoms with Crippen molar-refractivity contribution in [2.45, 2.75) is 32.5 Å². The fraction of sp³-hybridized carbons (Fsp3) is 0.500. The van der Waals surface area contributed by atoms with Gasteiger partial charge in [0.1, 0.15) is 6.10 Å². The highest BCUT2D eigenvalue weighted by Gasteiger charge is 2.21. The van der Waals surface area contributed by atoms with Crippen molar-refractivity contribution in [1.29, 1.82) is 0 Å². The highest BCUT2D eigenvalue weighted by Crippen LogP contribution is 2.28. The largest absolute Gasteiger partial charge is 0.390 e. The second-order valence-corrected chi connectivity index (χ2v) is 5.24. The average Bonchev–Trinajstić information content (AvgIpc) is 2.16. The van der Waals surface area contributed by atoms with Gasteiger partial charge in [-0.15, -0.1) is 11.6 Å². The summed E-state index contributed by atoms with van der Waals surface area (Å²) in [6.45, 7) is 3.84. The number of benzene rings is 1. The quantitative estimate of drug-likeness (QED) is 0.839. The SMILES string of the molecule is Cc1cc(Br)cc(C)c1C(O)C(O)CCCl. The van der Waals surface area contributed by atoms with Gasteiger partial charge in [0.15, 0.2) is 0 Å². The predicted molar refractivity (Wildman–Crippen MR) is 69.9 cm³/mol. The molecule has 0 radical (unpaired) electrons. The van der Waals surface area contributed by atoms with Gasteiger partial charge in [-0.3, -0.25) is 0 Å². The summed E-state index contributed by atoms with van der Waals surface area (Å²) < 4.78 is 0.977. The van der Waals surface area contributed by atoms with E-state index in [0.29, 0.717) is 12.3 Å². The molecule has 2 unspecified atom stereocenters. The van der Waals surface area contributed by atoms with Crippen molar-refractivity contribution in [3.05, 3.63) is 33.3 Å². The molecule has 2 atom stereocenters. The van der Waals surface area contributed by atoms with Crippen LogP contribution in [0.15, 0.2) is 16.6 Å². The monoisotopic (exact) mass is 306 g/mol. The van der Waals surface area contributed by atoms with E-state index < -0.39 is 12.2 Å². The van der Waals surface area contributed by atoms with Crippen LogP contribution in [0.3, 0.4) is 0 Å². The molecule has 0 spiro atoms. The Hall–Kier alpha value is -0.0900. The first-order valence-electron chi connectivity index (χ1n) is 5.16. The summed E-state index contributed by atoms with van der Waals surface area (Å²) in [5.41, 5.74) is 2.72. The molecule has 0 saturated heterocycles. The molecule has 0 aliphatic carbocycles. The number of halogens is 2. The first-order valence-corrected chi connectivity index (χ1v) is 6.49. The van der Waals surface area contributed by atoms with Gasteiger partial charge in [-0.1, -0.05) is 15.9 Å². The Morgan fingerprint density at radius 3 is 2.19 bits per heavy atom. The van der Waals surface area contributed by atoms with E-state index in [1.54, 1.807) is 0 Å². The lowest BCUT2D eigenvalue weighted by atomic mass is 9.94. The summed E-state index contributed by atoms with van der Waals surface area (Å²) >= 11 is 8.95. The summed E-state index contributed by atoms with van der Waals surface area (Å²) in [4.78, 5) is 0. The molecule has 1 aromatic carbocycles. The zero-order valence-electron chi connectivity index (χ0n) is 9.37. The van der Waals surface area contributed by atoms with E-state index in [0.717, 1.165) is 21.2 Å². The lowest BCUT2D eigenvalue weighted by Crippen LogP contribution is -2.20. The molecular formula is C12H16BrClO2. The van der Waals surface area contributed by atoms with Gasteiger partial charge >= 0.3 is 0 Å². The lowest BCUT2D eigenvalue weighted by molar-refractivity contribution is 0.0162. The van der Waals surface area contributed by atoms with E-state index in [1.165, 1.54) is 0 Å². The van der Waals surface area contributed by atoms with Crippen molar-refractivity contribution in [2.75, 3.05) is 5.88 Å². The number of aliphatic hydroxyl groups is 2. The number of rotatable bonds is 4.